The van der Waals surface area contributed by atoms with Crippen LogP contribution in [0.15, 0.2) is 36.5 Å². The maximum atomic E-state index is 13.8. The van der Waals surface area contributed by atoms with Crippen molar-refractivity contribution in [1.82, 2.24) is 0 Å². The molecule has 61 heavy (non-hydrogen) atoms. The Balaban J connectivity index is 5.49. The van der Waals surface area contributed by atoms with Crippen LogP contribution in [0.25, 0.3) is 0 Å². The number of carbonyl (C=O) groups excluding carboxylic acids is 2. The summed E-state index contributed by atoms with van der Waals surface area (Å²) in [4.78, 5) is 23.4. The summed E-state index contributed by atoms with van der Waals surface area (Å²) in [7, 11) is 0. The summed E-state index contributed by atoms with van der Waals surface area (Å²) in [5.74, 6) is -100. The van der Waals surface area contributed by atoms with Crippen molar-refractivity contribution < 1.29 is 151 Å². The summed E-state index contributed by atoms with van der Waals surface area (Å²) < 4.78 is 404. The molecule has 358 valence electrons. The summed E-state index contributed by atoms with van der Waals surface area (Å²) in [5, 5.41) is 0. The topological polar surface area (TPSA) is 52.6 Å². The Hall–Kier alpha value is -3.94. The molecule has 0 heterocycles. The van der Waals surface area contributed by atoms with E-state index in [0.717, 1.165) is 0 Å². The van der Waals surface area contributed by atoms with Crippen LogP contribution in [-0.2, 0) is 19.1 Å². The Kier molecular flexibility index (Phi) is 15.9. The van der Waals surface area contributed by atoms with Gasteiger partial charge in [0.05, 0.1) is 19.6 Å². The van der Waals surface area contributed by atoms with Crippen LogP contribution in [0.2, 0.25) is 0 Å². The number of halogens is 30. The van der Waals surface area contributed by atoms with E-state index in [1.165, 1.54) is 0 Å². The van der Waals surface area contributed by atoms with E-state index < -0.39 is 158 Å². The van der Waals surface area contributed by atoms with Gasteiger partial charge in [-0.15, -0.1) is 0 Å². The van der Waals surface area contributed by atoms with Gasteiger partial charge in [-0.3, -0.25) is 4.79 Å². The van der Waals surface area contributed by atoms with Crippen LogP contribution >= 0.6 is 0 Å². The summed E-state index contributed by atoms with van der Waals surface area (Å²) in [6.45, 7) is 0.0414. The molecule has 0 aromatic rings. The Morgan fingerprint density at radius 2 is 0.623 bits per heavy atom. The Bertz CT molecular complexity index is 1630. The molecule has 0 amide bonds. The van der Waals surface area contributed by atoms with Gasteiger partial charge in [0.25, 0.3) is 0 Å². The molecule has 0 aliphatic rings. The van der Waals surface area contributed by atoms with Gasteiger partial charge < -0.3 is 9.47 Å². The summed E-state index contributed by atoms with van der Waals surface area (Å²) >= 11 is 0. The smallest absolute Gasteiger partial charge is 0.460 e. The number of hydrogen-bond donors (Lipinski definition) is 0. The highest BCUT2D eigenvalue weighted by atomic mass is 19.4. The third kappa shape index (κ3) is 9.69. The first-order chi connectivity index (χ1) is 26.4. The average Bonchev–Trinajstić information content (AvgIpc) is 3.05. The van der Waals surface area contributed by atoms with Gasteiger partial charge in [0.2, 0.25) is 0 Å². The number of allylic oxidation sites excluding steroid dienone is 2. The minimum atomic E-state index is -8.56. The molecule has 0 bridgehead atoms. The highest BCUT2D eigenvalue weighted by Crippen LogP contribution is 2.64. The molecule has 0 atom stereocenters. The number of hydrogen-bond acceptors (Lipinski definition) is 4. The van der Waals surface area contributed by atoms with Crippen LogP contribution in [0.1, 0.15) is 19.3 Å². The summed E-state index contributed by atoms with van der Waals surface area (Å²) in [6, 6.07) is 0. The van der Waals surface area contributed by atoms with Gasteiger partial charge in [0, 0.05) is 5.57 Å². The van der Waals surface area contributed by atoms with Crippen molar-refractivity contribution in [3.63, 3.8) is 0 Å². The van der Waals surface area contributed by atoms with Gasteiger partial charge in [-0.1, -0.05) is 18.7 Å². The van der Waals surface area contributed by atoms with Crippen molar-refractivity contribution in [1.29, 1.82) is 0 Å². The molecule has 0 spiro atoms. The van der Waals surface area contributed by atoms with Gasteiger partial charge in [0.15, 0.2) is 0 Å². The molecular weight excluding hydrogens is 958 g/mol. The van der Waals surface area contributed by atoms with Crippen molar-refractivity contribution in [3.8, 4) is 0 Å². The standard InChI is InChI=1S/C27H16F30O4/c1-11(13(59)61-9-5-3-7-15(30,31)17(34,35)19(38,39)21(42,43)23(46,47)25(50,51)27(55,56)57)10-12(58)60-8-4-2-6-14(28,29)16(32,33)18(36,37)20(40,41)22(44,45)24(48,49)26(52,53)54/h2-3,6-7H,1,4-5,8-10H2. The van der Waals surface area contributed by atoms with Gasteiger partial charge in [0.1, 0.15) is 0 Å². The second-order valence-corrected chi connectivity index (χ2v) is 11.5. The van der Waals surface area contributed by atoms with Crippen molar-refractivity contribution in [3.05, 3.63) is 36.5 Å². The van der Waals surface area contributed by atoms with Crippen LogP contribution in [0.4, 0.5) is 132 Å². The molecule has 0 fully saturated rings. The van der Waals surface area contributed by atoms with Crippen molar-refractivity contribution in [2.45, 2.75) is 103 Å². The largest absolute Gasteiger partial charge is 0.465 e. The van der Waals surface area contributed by atoms with E-state index in [9.17, 15) is 141 Å². The third-order valence-corrected chi connectivity index (χ3v) is 7.07. The second-order valence-electron chi connectivity index (χ2n) is 11.5. The molecule has 0 N–H and O–H groups in total. The minimum Gasteiger partial charge on any atom is -0.465 e. The molecule has 0 unspecified atom stereocenters. The summed E-state index contributed by atoms with van der Waals surface area (Å²) in [6.07, 6.45) is -23.8. The van der Waals surface area contributed by atoms with Gasteiger partial charge in [-0.25, -0.2) is 4.79 Å². The minimum absolute atomic E-state index is 0.470. The summed E-state index contributed by atoms with van der Waals surface area (Å²) in [5.41, 5.74) is -1.11. The van der Waals surface area contributed by atoms with Gasteiger partial charge in [-0.2, -0.15) is 132 Å². The van der Waals surface area contributed by atoms with Crippen LogP contribution < -0.4 is 0 Å². The maximum absolute atomic E-state index is 13.8. The van der Waals surface area contributed by atoms with E-state index >= 15 is 0 Å². The molecule has 0 aromatic heterocycles. The van der Waals surface area contributed by atoms with Crippen LogP contribution in [0.3, 0.4) is 0 Å². The molecule has 0 rings (SSSR count). The van der Waals surface area contributed by atoms with E-state index in [0.29, 0.717) is 0 Å². The second kappa shape index (κ2) is 17.0. The van der Waals surface area contributed by atoms with Crippen molar-refractivity contribution in [2.24, 2.45) is 0 Å². The van der Waals surface area contributed by atoms with E-state index in [2.05, 4.69) is 16.1 Å². The highest BCUT2D eigenvalue weighted by Gasteiger charge is 2.94. The zero-order valence-corrected chi connectivity index (χ0v) is 28.0. The number of ether oxygens (including phenoxy) is 2. The maximum Gasteiger partial charge on any atom is 0.460 e. The van der Waals surface area contributed by atoms with Crippen LogP contribution in [-0.4, -0.2) is 109 Å². The fourth-order valence-electron chi connectivity index (χ4n) is 3.49. The lowest BCUT2D eigenvalue weighted by molar-refractivity contribution is -0.449. The number of esters is 2. The molecular formula is C27H16F30O4. The average molecular weight is 974 g/mol. The molecule has 0 saturated carbocycles. The first-order valence-corrected chi connectivity index (χ1v) is 14.4. The fraction of sp³-hybridized carbons (Fsp3) is 0.704. The molecule has 34 heteroatoms. The molecule has 4 nitrogen and oxygen atoms in total. The Morgan fingerprint density at radius 1 is 0.377 bits per heavy atom. The molecule has 0 saturated heterocycles. The number of carbonyl (C=O) groups is 2. The Labute approximate surface area is 316 Å². The van der Waals surface area contributed by atoms with E-state index in [1.54, 1.807) is 0 Å². The monoisotopic (exact) mass is 974 g/mol. The van der Waals surface area contributed by atoms with Crippen molar-refractivity contribution in [2.75, 3.05) is 13.2 Å². The van der Waals surface area contributed by atoms with E-state index in [4.69, 9.17) is 0 Å². The predicted molar refractivity (Wildman–Crippen MR) is 135 cm³/mol. The molecule has 0 radical (unpaired) electrons. The van der Waals surface area contributed by atoms with Crippen molar-refractivity contribution >= 4 is 11.9 Å². The third-order valence-electron chi connectivity index (χ3n) is 7.07. The highest BCUT2D eigenvalue weighted by molar-refractivity contribution is 5.93. The zero-order valence-electron chi connectivity index (χ0n) is 28.0. The van der Waals surface area contributed by atoms with Crippen LogP contribution in [0.5, 0.6) is 0 Å². The molecule has 0 aromatic carbocycles. The fourth-order valence-corrected chi connectivity index (χ4v) is 3.49. The lowest BCUT2D eigenvalue weighted by atomic mass is 9.91. The number of rotatable bonds is 21. The molecule has 0 aliphatic heterocycles. The number of alkyl halides is 30. The van der Waals surface area contributed by atoms with Gasteiger partial charge in [-0.05, 0) is 25.0 Å². The normalized spacial score (nSPS) is 15.8. The lowest BCUT2D eigenvalue weighted by Crippen LogP contribution is -2.72. The van der Waals surface area contributed by atoms with E-state index in [1.807, 2.05) is 0 Å². The van der Waals surface area contributed by atoms with E-state index in [-0.39, 0.29) is 0 Å². The van der Waals surface area contributed by atoms with Crippen LogP contribution in [0, 0.1) is 0 Å². The van der Waals surface area contributed by atoms with Gasteiger partial charge >= 0.3 is 95.4 Å². The quantitative estimate of drug-likeness (QED) is 0.0378. The lowest BCUT2D eigenvalue weighted by Gasteiger charge is -2.41. The molecule has 0 aliphatic carbocycles. The first kappa shape index (κ1) is 57.1. The first-order valence-electron chi connectivity index (χ1n) is 14.4. The Morgan fingerprint density at radius 3 is 0.902 bits per heavy atom. The zero-order chi connectivity index (χ0) is 49.5. The SMILES string of the molecule is C=C(CC(=O)OCCC=CC(F)(F)C(F)(F)C(F)(F)C(F)(F)C(F)(F)C(F)(F)C(F)(F)F)C(=O)OCCC=CC(F)(F)C(F)(F)C(F)(F)C(F)(F)C(F)(F)C(F)(F)C(F)(F)F. The predicted octanol–water partition coefficient (Wildman–Crippen LogP) is 11.7.